The lowest BCUT2D eigenvalue weighted by Gasteiger charge is -2.47. The van der Waals surface area contributed by atoms with E-state index < -0.39 is 116 Å². The van der Waals surface area contributed by atoms with Crippen LogP contribution in [0.5, 0.6) is 5.75 Å². The zero-order valence-electron chi connectivity index (χ0n) is 47.5. The van der Waals surface area contributed by atoms with Crippen LogP contribution in [0.4, 0.5) is 0 Å². The van der Waals surface area contributed by atoms with E-state index in [9.17, 15) is 33.6 Å². The molecule has 20 heteroatoms. The molecule has 0 unspecified atom stereocenters. The lowest BCUT2D eigenvalue weighted by Crippen LogP contribution is -2.66. The minimum absolute atomic E-state index is 0.00485. The van der Waals surface area contributed by atoms with Gasteiger partial charge in [0.05, 0.1) is 52.7 Å². The van der Waals surface area contributed by atoms with Crippen molar-refractivity contribution in [3.05, 3.63) is 281 Å². The summed E-state index contributed by atoms with van der Waals surface area (Å²) in [4.78, 5) is 106. The number of ether oxygens (including phenoxy) is 11. The standard InChI is InChI=1S/C69H57NO19/c1-78-52-39-37-44(38-40-52)41-81-68-55(70-89-67(77)51-35-21-8-22-36-51)58(85-64(74)48-29-15-5-16-30-48)56(53(82-68)42-79-61(71)45-23-9-2-10-24-45)88-69-60(87-66(76)50-33-19-7-20-34-50)59(86-65(75)49-31-17-6-18-32-49)57(84-63(73)47-27-13-4-14-28-47)54(83-69)43-80-62(72)46-25-11-3-12-26-46/h2-40,53-54,56-60,68-69H,41-43H2,1H3/t53-,54-,56-,57+,58-,59+,60-,68-,69+/m1/s1. The van der Waals surface area contributed by atoms with Crippen LogP contribution in [-0.2, 0) is 58.8 Å². The van der Waals surface area contributed by atoms with Crippen molar-refractivity contribution in [2.45, 2.75) is 61.9 Å². The lowest BCUT2D eigenvalue weighted by atomic mass is 9.96. The summed E-state index contributed by atoms with van der Waals surface area (Å²) in [5.74, 6) is -6.11. The van der Waals surface area contributed by atoms with E-state index in [1.54, 1.807) is 152 Å². The lowest BCUT2D eigenvalue weighted by molar-refractivity contribution is -0.329. The van der Waals surface area contributed by atoms with Crippen molar-refractivity contribution < 1.29 is 90.5 Å². The van der Waals surface area contributed by atoms with E-state index in [-0.39, 0.29) is 45.6 Å². The van der Waals surface area contributed by atoms with E-state index in [4.69, 9.17) is 56.9 Å². The normalized spacial score (nSPS) is 20.8. The van der Waals surface area contributed by atoms with Crippen LogP contribution < -0.4 is 4.74 Å². The monoisotopic (exact) mass is 1200 g/mol. The summed E-state index contributed by atoms with van der Waals surface area (Å²) in [6.07, 6.45) is -16.7. The first-order valence-corrected chi connectivity index (χ1v) is 28.0. The minimum Gasteiger partial charge on any atom is -0.497 e. The Bertz CT molecular complexity index is 3700. The molecule has 9 atom stereocenters. The number of carbonyl (C=O) groups excluding carboxylic acids is 7. The van der Waals surface area contributed by atoms with Crippen LogP contribution in [-0.4, -0.2) is 123 Å². The highest BCUT2D eigenvalue weighted by Crippen LogP contribution is 2.36. The molecule has 0 saturated carbocycles. The van der Waals surface area contributed by atoms with Gasteiger partial charge in [-0.25, -0.2) is 33.6 Å². The first-order valence-electron chi connectivity index (χ1n) is 28.0. The van der Waals surface area contributed by atoms with E-state index in [1.165, 1.54) is 92.0 Å². The zero-order valence-corrected chi connectivity index (χ0v) is 47.5. The Morgan fingerprint density at radius 2 is 0.742 bits per heavy atom. The van der Waals surface area contributed by atoms with Gasteiger partial charge in [-0.05, 0) is 103 Å². The molecule has 2 aliphatic heterocycles. The Morgan fingerprint density at radius 1 is 0.382 bits per heavy atom. The number of nitrogens with zero attached hydrogens (tertiary/aromatic N) is 1. The fourth-order valence-corrected chi connectivity index (χ4v) is 9.42. The Morgan fingerprint density at radius 3 is 1.16 bits per heavy atom. The second-order valence-corrected chi connectivity index (χ2v) is 19.9. The first-order chi connectivity index (χ1) is 43.5. The number of hydrogen-bond acceptors (Lipinski definition) is 20. The van der Waals surface area contributed by atoms with Gasteiger partial charge in [0, 0.05) is 0 Å². The minimum atomic E-state index is -2.09. The van der Waals surface area contributed by atoms with Gasteiger partial charge in [0.25, 0.3) is 0 Å². The van der Waals surface area contributed by atoms with Crippen molar-refractivity contribution in [1.29, 1.82) is 0 Å². The predicted octanol–water partition coefficient (Wildman–Crippen LogP) is 9.88. The molecule has 0 N–H and O–H groups in total. The van der Waals surface area contributed by atoms with Gasteiger partial charge in [-0.2, -0.15) is 0 Å². The Hall–Kier alpha value is -10.6. The maximum Gasteiger partial charge on any atom is 0.365 e. The maximum atomic E-state index is 14.7. The van der Waals surface area contributed by atoms with Crippen molar-refractivity contribution in [3.8, 4) is 5.75 Å². The van der Waals surface area contributed by atoms with Crippen LogP contribution in [0.15, 0.2) is 242 Å². The molecule has 8 aromatic carbocycles. The van der Waals surface area contributed by atoms with Crippen LogP contribution in [0, 0.1) is 0 Å². The van der Waals surface area contributed by atoms with Crippen LogP contribution in [0.2, 0.25) is 0 Å². The third-order valence-corrected chi connectivity index (χ3v) is 14.0. The van der Waals surface area contributed by atoms with E-state index in [0.717, 1.165) is 0 Å². The van der Waals surface area contributed by atoms with Gasteiger partial charge in [0.1, 0.15) is 37.3 Å². The molecule has 8 aromatic rings. The second-order valence-electron chi connectivity index (χ2n) is 19.9. The Labute approximate surface area is 510 Å². The van der Waals surface area contributed by atoms with E-state index in [1.807, 2.05) is 0 Å². The smallest absolute Gasteiger partial charge is 0.365 e. The van der Waals surface area contributed by atoms with Gasteiger partial charge < -0.3 is 56.9 Å². The van der Waals surface area contributed by atoms with Gasteiger partial charge in [-0.15, -0.1) is 0 Å². The molecule has 20 nitrogen and oxygen atoms in total. The summed E-state index contributed by atoms with van der Waals surface area (Å²) in [6.45, 7) is -1.71. The molecule has 10 rings (SSSR count). The van der Waals surface area contributed by atoms with Gasteiger partial charge in [0.15, 0.2) is 36.4 Å². The second kappa shape index (κ2) is 30.1. The number of rotatable bonds is 22. The third-order valence-electron chi connectivity index (χ3n) is 14.0. The van der Waals surface area contributed by atoms with Crippen LogP contribution in [0.25, 0.3) is 0 Å². The quantitative estimate of drug-likeness (QED) is 0.0265. The molecular weight excluding hydrogens is 1150 g/mol. The number of benzene rings is 8. The summed E-state index contributed by atoms with van der Waals surface area (Å²) in [5.41, 5.74) is 0.504. The molecule has 89 heavy (non-hydrogen) atoms. The molecule has 2 aliphatic rings. The highest BCUT2D eigenvalue weighted by atomic mass is 16.8. The Balaban J connectivity index is 1.14. The number of oxime groups is 1. The maximum absolute atomic E-state index is 14.7. The largest absolute Gasteiger partial charge is 0.497 e. The van der Waals surface area contributed by atoms with E-state index >= 15 is 0 Å². The molecule has 0 bridgehead atoms. The van der Waals surface area contributed by atoms with Crippen molar-refractivity contribution in [2.75, 3.05) is 20.3 Å². The number of esters is 6. The molecule has 2 saturated heterocycles. The van der Waals surface area contributed by atoms with E-state index in [0.29, 0.717) is 11.3 Å². The topological polar surface area (TPSA) is 243 Å². The highest BCUT2D eigenvalue weighted by Gasteiger charge is 2.57. The third kappa shape index (κ3) is 16.1. The van der Waals surface area contributed by atoms with Gasteiger partial charge in [-0.3, -0.25) is 0 Å². The average Bonchev–Trinajstić information content (AvgIpc) is 1.59. The molecule has 0 aromatic heterocycles. The first kappa shape index (κ1) is 61.4. The molecule has 2 fully saturated rings. The number of hydrogen-bond donors (Lipinski definition) is 0. The average molecular weight is 1200 g/mol. The summed E-state index contributed by atoms with van der Waals surface area (Å²) in [6, 6.07) is 61.5. The van der Waals surface area contributed by atoms with Crippen LogP contribution in [0.3, 0.4) is 0 Å². The molecule has 0 radical (unpaired) electrons. The van der Waals surface area contributed by atoms with Crippen molar-refractivity contribution in [2.24, 2.45) is 5.16 Å². The molecule has 0 spiro atoms. The summed E-state index contributed by atoms with van der Waals surface area (Å²) in [5, 5.41) is 4.31. The van der Waals surface area contributed by atoms with Crippen molar-refractivity contribution >= 4 is 47.5 Å². The molecule has 0 amide bonds. The molecule has 2 heterocycles. The molecule has 452 valence electrons. The summed E-state index contributed by atoms with van der Waals surface area (Å²) < 4.78 is 69.7. The number of carbonyl (C=O) groups is 7. The highest BCUT2D eigenvalue weighted by molar-refractivity contribution is 5.98. The number of methoxy groups -OCH3 is 1. The Kier molecular flexibility index (Phi) is 20.8. The van der Waals surface area contributed by atoms with Crippen molar-refractivity contribution in [3.63, 3.8) is 0 Å². The fraction of sp³-hybridized carbons (Fsp3) is 0.188. The van der Waals surface area contributed by atoms with Crippen molar-refractivity contribution in [1.82, 2.24) is 0 Å². The summed E-state index contributed by atoms with van der Waals surface area (Å²) in [7, 11) is 1.51. The van der Waals surface area contributed by atoms with Crippen LogP contribution >= 0.6 is 0 Å². The molecule has 0 aliphatic carbocycles. The molecular formula is C69H57NO19. The summed E-state index contributed by atoms with van der Waals surface area (Å²) >= 11 is 0. The fourth-order valence-electron chi connectivity index (χ4n) is 9.42. The van der Waals surface area contributed by atoms with E-state index in [2.05, 4.69) is 5.16 Å². The zero-order chi connectivity index (χ0) is 61.9. The van der Waals surface area contributed by atoms with Gasteiger partial charge in [0.2, 0.25) is 6.29 Å². The van der Waals surface area contributed by atoms with Crippen LogP contribution in [0.1, 0.15) is 78.1 Å². The predicted molar refractivity (Wildman–Crippen MR) is 315 cm³/mol. The van der Waals surface area contributed by atoms with Gasteiger partial charge in [-0.1, -0.05) is 145 Å². The van der Waals surface area contributed by atoms with Gasteiger partial charge >= 0.3 is 41.8 Å². The SMILES string of the molecule is COc1ccc(CO[C@@H]2O[C@H](COC(=O)c3ccccc3)[C@@H](O[C@@H]3O[C@H](COC(=O)c4ccccc4)[C@H](OC(=O)c4ccccc4)[C@H](OC(=O)c4ccccc4)[C@H]3OC(=O)c3ccccc3)[C@H](OC(=O)c3ccccc3)C2=NOC(=O)c2ccccc2)cc1.